The lowest BCUT2D eigenvalue weighted by Gasteiger charge is -2.21. The zero-order valence-corrected chi connectivity index (χ0v) is 16.9. The second-order valence-corrected chi connectivity index (χ2v) is 6.98. The van der Waals surface area contributed by atoms with Crippen LogP contribution in [0.5, 0.6) is 11.5 Å². The fourth-order valence-electron chi connectivity index (χ4n) is 3.25. The van der Waals surface area contributed by atoms with Crippen LogP contribution < -0.4 is 15.2 Å². The smallest absolute Gasteiger partial charge is 0.321 e. The summed E-state index contributed by atoms with van der Waals surface area (Å²) in [5.74, 6) is -0.844. The minimum atomic E-state index is -1.43. The van der Waals surface area contributed by atoms with Gasteiger partial charge in [0.25, 0.3) is 5.91 Å². The molecule has 0 aromatic heterocycles. The molecule has 0 unspecified atom stereocenters. The van der Waals surface area contributed by atoms with Gasteiger partial charge in [-0.3, -0.25) is 4.79 Å². The summed E-state index contributed by atoms with van der Waals surface area (Å²) in [6.45, 7) is 0. The first-order valence-electron chi connectivity index (χ1n) is 9.84. The molecule has 0 aliphatic rings. The highest BCUT2D eigenvalue weighted by atomic mass is 19.1. The third-order valence-corrected chi connectivity index (χ3v) is 4.78. The van der Waals surface area contributed by atoms with Gasteiger partial charge in [-0.05, 0) is 47.5 Å². The fourth-order valence-corrected chi connectivity index (χ4v) is 3.25. The van der Waals surface area contributed by atoms with Crippen LogP contribution in [-0.4, -0.2) is 12.2 Å². The minimum absolute atomic E-state index is 0.349. The van der Waals surface area contributed by atoms with Crippen molar-refractivity contribution in [1.29, 1.82) is 0 Å². The summed E-state index contributed by atoms with van der Waals surface area (Å²) in [6, 6.07) is 25.8. The Balaban J connectivity index is 1.64. The van der Waals surface area contributed by atoms with Crippen LogP contribution in [0.4, 0.5) is 8.78 Å². The highest BCUT2D eigenvalue weighted by molar-refractivity contribution is 5.80. The van der Waals surface area contributed by atoms with Crippen molar-refractivity contribution in [1.82, 2.24) is 0 Å². The van der Waals surface area contributed by atoms with Gasteiger partial charge in [0.05, 0.1) is 0 Å². The molecule has 4 rings (SSSR count). The van der Waals surface area contributed by atoms with E-state index in [4.69, 9.17) is 15.2 Å². The number of carbonyl (C=O) groups excluding carboxylic acids is 1. The predicted molar refractivity (Wildman–Crippen MR) is 118 cm³/mol. The standard InChI is InChI=1S/C26H19F2NO3/c27-19-13-9-17(10-14-19)21-5-1-3-7-23(21)31-26(25(29)30)32-24-8-4-2-6-22(24)18-11-15-20(28)16-12-18/h1-16,26H,(H2,29,30). The van der Waals surface area contributed by atoms with Gasteiger partial charge in [0, 0.05) is 11.1 Å². The predicted octanol–water partition coefficient (Wildman–Crippen LogP) is 5.57. The Morgan fingerprint density at radius 2 is 1.00 bits per heavy atom. The normalized spacial score (nSPS) is 10.7. The third-order valence-electron chi connectivity index (χ3n) is 4.78. The number of rotatable bonds is 7. The molecule has 0 aliphatic carbocycles. The first kappa shape index (κ1) is 21.1. The van der Waals surface area contributed by atoms with E-state index < -0.39 is 12.2 Å². The molecule has 2 N–H and O–H groups in total. The Kier molecular flexibility index (Phi) is 6.12. The van der Waals surface area contributed by atoms with E-state index in [9.17, 15) is 13.6 Å². The molecule has 4 aromatic rings. The molecule has 0 aliphatic heterocycles. The van der Waals surface area contributed by atoms with Gasteiger partial charge in [-0.1, -0.05) is 60.7 Å². The number of primary amides is 1. The largest absolute Gasteiger partial charge is 0.446 e. The van der Waals surface area contributed by atoms with Crippen molar-refractivity contribution in [3.8, 4) is 33.8 Å². The highest BCUT2D eigenvalue weighted by Crippen LogP contribution is 2.33. The maximum atomic E-state index is 13.3. The lowest BCUT2D eigenvalue weighted by atomic mass is 10.0. The first-order valence-corrected chi connectivity index (χ1v) is 9.84. The van der Waals surface area contributed by atoms with E-state index in [0.29, 0.717) is 33.8 Å². The van der Waals surface area contributed by atoms with E-state index in [1.165, 1.54) is 24.3 Å². The number of nitrogens with two attached hydrogens (primary N) is 1. The molecule has 4 aromatic carbocycles. The van der Waals surface area contributed by atoms with E-state index in [1.807, 2.05) is 0 Å². The van der Waals surface area contributed by atoms with E-state index in [0.717, 1.165) is 0 Å². The Bertz CT molecular complexity index is 1130. The molecule has 4 nitrogen and oxygen atoms in total. The van der Waals surface area contributed by atoms with Crippen LogP contribution in [-0.2, 0) is 4.79 Å². The number of hydrogen-bond acceptors (Lipinski definition) is 3. The quantitative estimate of drug-likeness (QED) is 0.389. The second kappa shape index (κ2) is 9.31. The summed E-state index contributed by atoms with van der Waals surface area (Å²) in [5, 5.41) is 0. The number of benzene rings is 4. The van der Waals surface area contributed by atoms with Crippen LogP contribution in [0.3, 0.4) is 0 Å². The molecule has 160 valence electrons. The van der Waals surface area contributed by atoms with Crippen molar-refractivity contribution >= 4 is 5.91 Å². The number of carbonyl (C=O) groups is 1. The second-order valence-electron chi connectivity index (χ2n) is 6.98. The van der Waals surface area contributed by atoms with E-state index in [2.05, 4.69) is 0 Å². The molecule has 0 saturated heterocycles. The Morgan fingerprint density at radius 1 is 0.625 bits per heavy atom. The summed E-state index contributed by atoms with van der Waals surface area (Å²) in [7, 11) is 0. The molecule has 1 amide bonds. The van der Waals surface area contributed by atoms with Gasteiger partial charge in [0.15, 0.2) is 0 Å². The van der Waals surface area contributed by atoms with Crippen LogP contribution in [0, 0.1) is 11.6 Å². The van der Waals surface area contributed by atoms with E-state index in [1.54, 1.807) is 72.8 Å². The molecule has 0 saturated carbocycles. The number of hydrogen-bond donors (Lipinski definition) is 1. The van der Waals surface area contributed by atoms with Gasteiger partial charge in [-0.15, -0.1) is 0 Å². The van der Waals surface area contributed by atoms with Crippen LogP contribution in [0.25, 0.3) is 22.3 Å². The molecule has 0 bridgehead atoms. The highest BCUT2D eigenvalue weighted by Gasteiger charge is 2.23. The fraction of sp³-hybridized carbons (Fsp3) is 0.0385. The summed E-state index contributed by atoms with van der Waals surface area (Å²) in [5.41, 5.74) is 8.27. The summed E-state index contributed by atoms with van der Waals surface area (Å²) < 4.78 is 38.4. The molecule has 0 radical (unpaired) electrons. The van der Waals surface area contributed by atoms with Crippen LogP contribution in [0.15, 0.2) is 97.1 Å². The monoisotopic (exact) mass is 431 g/mol. The minimum Gasteiger partial charge on any atom is -0.446 e. The zero-order chi connectivity index (χ0) is 22.5. The molecular weight excluding hydrogens is 412 g/mol. The first-order chi connectivity index (χ1) is 15.5. The number of amides is 1. The zero-order valence-electron chi connectivity index (χ0n) is 16.9. The maximum absolute atomic E-state index is 13.3. The number of halogens is 2. The molecule has 0 spiro atoms. The topological polar surface area (TPSA) is 61.6 Å². The van der Waals surface area contributed by atoms with Crippen molar-refractivity contribution < 1.29 is 23.0 Å². The van der Waals surface area contributed by atoms with Gasteiger partial charge in [0.2, 0.25) is 0 Å². The lowest BCUT2D eigenvalue weighted by molar-refractivity contribution is -0.136. The third kappa shape index (κ3) is 4.75. The number of para-hydroxylation sites is 2. The molecular formula is C26H19F2NO3. The molecule has 6 heteroatoms. The van der Waals surface area contributed by atoms with Gasteiger partial charge < -0.3 is 15.2 Å². The van der Waals surface area contributed by atoms with Crippen LogP contribution in [0.2, 0.25) is 0 Å². The molecule has 0 heterocycles. The Labute approximate surface area is 183 Å². The maximum Gasteiger partial charge on any atom is 0.321 e. The Hall–Kier alpha value is -4.19. The average molecular weight is 431 g/mol. The summed E-state index contributed by atoms with van der Waals surface area (Å²) >= 11 is 0. The SMILES string of the molecule is NC(=O)C(Oc1ccccc1-c1ccc(F)cc1)Oc1ccccc1-c1ccc(F)cc1. The van der Waals surface area contributed by atoms with Gasteiger partial charge in [-0.25, -0.2) is 8.78 Å². The van der Waals surface area contributed by atoms with Crippen molar-refractivity contribution in [2.45, 2.75) is 6.29 Å². The summed E-state index contributed by atoms with van der Waals surface area (Å²) in [6.07, 6.45) is -1.43. The average Bonchev–Trinajstić information content (AvgIpc) is 2.80. The van der Waals surface area contributed by atoms with Gasteiger partial charge >= 0.3 is 6.29 Å². The summed E-state index contributed by atoms with van der Waals surface area (Å²) in [4.78, 5) is 12.2. The molecule has 0 fully saturated rings. The lowest BCUT2D eigenvalue weighted by Crippen LogP contribution is -2.38. The van der Waals surface area contributed by atoms with E-state index >= 15 is 0 Å². The van der Waals surface area contributed by atoms with Crippen LogP contribution in [0.1, 0.15) is 0 Å². The van der Waals surface area contributed by atoms with Crippen LogP contribution >= 0.6 is 0 Å². The molecule has 32 heavy (non-hydrogen) atoms. The van der Waals surface area contributed by atoms with E-state index in [-0.39, 0.29) is 11.6 Å². The van der Waals surface area contributed by atoms with Crippen molar-refractivity contribution in [2.75, 3.05) is 0 Å². The van der Waals surface area contributed by atoms with Crippen molar-refractivity contribution in [2.24, 2.45) is 5.73 Å². The van der Waals surface area contributed by atoms with Gasteiger partial charge in [0.1, 0.15) is 23.1 Å². The van der Waals surface area contributed by atoms with Crippen molar-refractivity contribution in [3.63, 3.8) is 0 Å². The molecule has 0 atom stereocenters. The number of ether oxygens (including phenoxy) is 2. The Morgan fingerprint density at radius 3 is 1.38 bits per heavy atom. The van der Waals surface area contributed by atoms with Crippen molar-refractivity contribution in [3.05, 3.63) is 109 Å². The van der Waals surface area contributed by atoms with Gasteiger partial charge in [-0.2, -0.15) is 0 Å².